The largest absolute Gasteiger partial charge is 0.506 e. The fraction of sp³-hybridized carbons (Fsp3) is 0.389. The van der Waals surface area contributed by atoms with Crippen LogP contribution in [0.1, 0.15) is 31.2 Å². The van der Waals surface area contributed by atoms with Gasteiger partial charge >= 0.3 is 6.18 Å². The molecule has 0 aliphatic heterocycles. The first-order chi connectivity index (χ1) is 13.3. The Hall–Kier alpha value is -2.88. The lowest BCUT2D eigenvalue weighted by Crippen LogP contribution is -2.36. The number of hydrogen-bond donors (Lipinski definition) is 4. The van der Waals surface area contributed by atoms with Gasteiger partial charge in [-0.2, -0.15) is 13.2 Å². The number of H-pyrrole nitrogens is 1. The number of nitrogens with zero attached hydrogens (tertiary/aromatic N) is 3. The standard InChI is InChI=1S/C18H18F3N5O2/c19-18(20,21)9-7-13(28)15(23-8-9)16-14-10(5-6-22-14)17(26-25-16)24-11-3-1-2-4-12(11)27/h5-8,11-12,22,27-28H,1-4H2,(H,24,26). The van der Waals surface area contributed by atoms with Crippen molar-refractivity contribution in [2.24, 2.45) is 0 Å². The van der Waals surface area contributed by atoms with Gasteiger partial charge in [0.25, 0.3) is 0 Å². The highest BCUT2D eigenvalue weighted by Gasteiger charge is 2.32. The quantitative estimate of drug-likeness (QED) is 0.543. The summed E-state index contributed by atoms with van der Waals surface area (Å²) in [6.45, 7) is 0. The molecule has 0 amide bonds. The van der Waals surface area contributed by atoms with Crippen LogP contribution in [0.5, 0.6) is 5.75 Å². The lowest BCUT2D eigenvalue weighted by atomic mass is 9.92. The van der Waals surface area contributed by atoms with Crippen molar-refractivity contribution in [3.63, 3.8) is 0 Å². The summed E-state index contributed by atoms with van der Waals surface area (Å²) < 4.78 is 38.4. The monoisotopic (exact) mass is 393 g/mol. The Morgan fingerprint density at radius 3 is 2.64 bits per heavy atom. The molecule has 3 aromatic heterocycles. The van der Waals surface area contributed by atoms with Gasteiger partial charge < -0.3 is 20.5 Å². The van der Waals surface area contributed by atoms with Crippen molar-refractivity contribution < 1.29 is 23.4 Å². The van der Waals surface area contributed by atoms with Crippen molar-refractivity contribution in [1.29, 1.82) is 0 Å². The molecular weight excluding hydrogens is 375 g/mol. The van der Waals surface area contributed by atoms with Gasteiger partial charge in [-0.3, -0.25) is 0 Å². The highest BCUT2D eigenvalue weighted by molar-refractivity contribution is 5.98. The maximum absolute atomic E-state index is 12.8. The van der Waals surface area contributed by atoms with Gasteiger partial charge in [-0.25, -0.2) is 4.98 Å². The van der Waals surface area contributed by atoms with E-state index in [1.807, 2.05) is 0 Å². The van der Waals surface area contributed by atoms with Gasteiger partial charge in [0, 0.05) is 17.8 Å². The molecule has 10 heteroatoms. The number of hydrogen-bond acceptors (Lipinski definition) is 6. The first kappa shape index (κ1) is 18.5. The number of fused-ring (bicyclic) bond motifs is 1. The number of halogens is 3. The van der Waals surface area contributed by atoms with Gasteiger partial charge in [0.15, 0.2) is 5.82 Å². The fourth-order valence-corrected chi connectivity index (χ4v) is 3.48. The molecule has 4 rings (SSSR count). The molecule has 2 atom stereocenters. The number of aromatic hydroxyl groups is 1. The van der Waals surface area contributed by atoms with Crippen LogP contribution < -0.4 is 5.32 Å². The third-order valence-electron chi connectivity index (χ3n) is 4.96. The van der Waals surface area contributed by atoms with Crippen LogP contribution in [-0.4, -0.2) is 42.5 Å². The summed E-state index contributed by atoms with van der Waals surface area (Å²) in [6.07, 6.45) is 0.690. The lowest BCUT2D eigenvalue weighted by molar-refractivity contribution is -0.137. The lowest BCUT2D eigenvalue weighted by Gasteiger charge is -2.28. The maximum Gasteiger partial charge on any atom is 0.418 e. The van der Waals surface area contributed by atoms with E-state index in [-0.39, 0.29) is 17.4 Å². The molecule has 4 N–H and O–H groups in total. The van der Waals surface area contributed by atoms with Gasteiger partial charge in [0.1, 0.15) is 17.1 Å². The predicted molar refractivity (Wildman–Crippen MR) is 95.7 cm³/mol. The van der Waals surface area contributed by atoms with Crippen LogP contribution in [0.25, 0.3) is 22.3 Å². The average molecular weight is 393 g/mol. The highest BCUT2D eigenvalue weighted by atomic mass is 19.4. The summed E-state index contributed by atoms with van der Waals surface area (Å²) in [7, 11) is 0. The highest BCUT2D eigenvalue weighted by Crippen LogP contribution is 2.37. The van der Waals surface area contributed by atoms with Crippen LogP contribution in [0.4, 0.5) is 19.0 Å². The predicted octanol–water partition coefficient (Wildman–Crippen LogP) is 3.46. The normalized spacial score (nSPS) is 20.4. The third-order valence-corrected chi connectivity index (χ3v) is 4.96. The van der Waals surface area contributed by atoms with Crippen LogP contribution in [-0.2, 0) is 6.18 Å². The number of pyridine rings is 1. The Kier molecular flexibility index (Phi) is 4.58. The number of nitrogens with one attached hydrogen (secondary N) is 2. The molecule has 1 fully saturated rings. The van der Waals surface area contributed by atoms with Gasteiger partial charge in [0.05, 0.1) is 23.2 Å². The van der Waals surface area contributed by atoms with Gasteiger partial charge in [-0.05, 0) is 25.0 Å². The van der Waals surface area contributed by atoms with E-state index in [1.54, 1.807) is 12.3 Å². The van der Waals surface area contributed by atoms with E-state index >= 15 is 0 Å². The van der Waals surface area contributed by atoms with E-state index in [0.29, 0.717) is 35.4 Å². The molecule has 1 aliphatic carbocycles. The van der Waals surface area contributed by atoms with Crippen molar-refractivity contribution in [3.8, 4) is 17.1 Å². The average Bonchev–Trinajstić information content (AvgIpc) is 3.13. The number of aromatic amines is 1. The molecule has 0 saturated heterocycles. The molecule has 3 heterocycles. The van der Waals surface area contributed by atoms with E-state index in [1.165, 1.54) is 0 Å². The zero-order chi connectivity index (χ0) is 19.9. The first-order valence-electron chi connectivity index (χ1n) is 8.89. The minimum atomic E-state index is -4.61. The van der Waals surface area contributed by atoms with Crippen molar-refractivity contribution in [3.05, 3.63) is 30.1 Å². The molecule has 0 aromatic carbocycles. The Labute approximate surface area is 157 Å². The zero-order valence-corrected chi connectivity index (χ0v) is 14.7. The van der Waals surface area contributed by atoms with Crippen LogP contribution in [0.2, 0.25) is 0 Å². The third kappa shape index (κ3) is 3.35. The summed E-state index contributed by atoms with van der Waals surface area (Å²) in [6, 6.07) is 2.21. The number of aromatic nitrogens is 4. The molecule has 2 unspecified atom stereocenters. The van der Waals surface area contributed by atoms with Crippen LogP contribution in [0.15, 0.2) is 24.5 Å². The smallest absolute Gasteiger partial charge is 0.418 e. The Bertz CT molecular complexity index is 1000. The van der Waals surface area contributed by atoms with Crippen molar-refractivity contribution in [2.45, 2.75) is 44.0 Å². The first-order valence-corrected chi connectivity index (χ1v) is 8.89. The molecular formula is C18H18F3N5O2. The molecule has 0 spiro atoms. The SMILES string of the molecule is Oc1cc(C(F)(F)F)cnc1-c1nnc(NC2CCCCC2O)c2cc[nH]c12. The number of aliphatic hydroxyl groups is 1. The number of rotatable bonds is 3. The topological polar surface area (TPSA) is 107 Å². The Morgan fingerprint density at radius 1 is 1.14 bits per heavy atom. The second-order valence-corrected chi connectivity index (χ2v) is 6.86. The van der Waals surface area contributed by atoms with Crippen LogP contribution in [0.3, 0.4) is 0 Å². The van der Waals surface area contributed by atoms with Crippen LogP contribution in [0, 0.1) is 0 Å². The van der Waals surface area contributed by atoms with E-state index < -0.39 is 23.6 Å². The summed E-state index contributed by atoms with van der Waals surface area (Å²) in [5.74, 6) is -0.180. The number of aliphatic hydroxyl groups excluding tert-OH is 1. The summed E-state index contributed by atoms with van der Waals surface area (Å²) in [5.41, 5.74) is -0.530. The second kappa shape index (κ2) is 6.93. The summed E-state index contributed by atoms with van der Waals surface area (Å²) in [5, 5.41) is 32.3. The molecule has 7 nitrogen and oxygen atoms in total. The van der Waals surface area contributed by atoms with Gasteiger partial charge in [-0.15, -0.1) is 10.2 Å². The van der Waals surface area contributed by atoms with E-state index in [4.69, 9.17) is 0 Å². The van der Waals surface area contributed by atoms with Crippen molar-refractivity contribution in [2.75, 3.05) is 5.32 Å². The maximum atomic E-state index is 12.8. The molecule has 1 saturated carbocycles. The van der Waals surface area contributed by atoms with Gasteiger partial charge in [0.2, 0.25) is 0 Å². The minimum absolute atomic E-state index is 0.0998. The number of anilines is 1. The van der Waals surface area contributed by atoms with E-state index in [9.17, 15) is 23.4 Å². The fourth-order valence-electron chi connectivity index (χ4n) is 3.48. The van der Waals surface area contributed by atoms with E-state index in [2.05, 4.69) is 25.5 Å². The number of alkyl halides is 3. The van der Waals surface area contributed by atoms with Gasteiger partial charge in [-0.1, -0.05) is 12.8 Å². The summed E-state index contributed by atoms with van der Waals surface area (Å²) >= 11 is 0. The molecule has 3 aromatic rings. The Balaban J connectivity index is 1.71. The van der Waals surface area contributed by atoms with Crippen molar-refractivity contribution in [1.82, 2.24) is 20.2 Å². The molecule has 0 bridgehead atoms. The second-order valence-electron chi connectivity index (χ2n) is 6.86. The minimum Gasteiger partial charge on any atom is -0.506 e. The molecule has 148 valence electrons. The molecule has 1 aliphatic rings. The zero-order valence-electron chi connectivity index (χ0n) is 14.7. The van der Waals surface area contributed by atoms with Crippen LogP contribution >= 0.6 is 0 Å². The summed E-state index contributed by atoms with van der Waals surface area (Å²) in [4.78, 5) is 6.72. The van der Waals surface area contributed by atoms with Crippen molar-refractivity contribution >= 4 is 16.7 Å². The Morgan fingerprint density at radius 2 is 1.93 bits per heavy atom. The van der Waals surface area contributed by atoms with E-state index in [0.717, 1.165) is 19.3 Å². The molecule has 0 radical (unpaired) electrons. The molecule has 28 heavy (non-hydrogen) atoms.